The lowest BCUT2D eigenvalue weighted by molar-refractivity contribution is 0.760. The molecule has 0 atom stereocenters. The van der Waals surface area contributed by atoms with Crippen molar-refractivity contribution in [2.24, 2.45) is 7.05 Å². The molecule has 0 unspecified atom stereocenters. The molecule has 94 valence electrons. The van der Waals surface area contributed by atoms with Crippen LogP contribution in [0.3, 0.4) is 0 Å². The van der Waals surface area contributed by atoms with Crippen molar-refractivity contribution in [3.05, 3.63) is 12.5 Å². The molecule has 0 aliphatic heterocycles. The normalized spacial score (nSPS) is 10.3. The molecule has 0 fully saturated rings. The van der Waals surface area contributed by atoms with Gasteiger partial charge in [-0.2, -0.15) is 5.10 Å². The molecule has 0 saturated carbocycles. The van der Waals surface area contributed by atoms with Crippen LogP contribution in [0.25, 0.3) is 11.0 Å². The predicted octanol–water partition coefficient (Wildman–Crippen LogP) is 2.02. The Morgan fingerprint density at radius 2 is 2.12 bits per heavy atom. The van der Waals surface area contributed by atoms with Gasteiger partial charge >= 0.3 is 0 Å². The molecule has 2 heterocycles. The van der Waals surface area contributed by atoms with Crippen molar-refractivity contribution >= 4 is 29.3 Å². The smallest absolute Gasteiger partial charge is 0.163 e. The topological polar surface area (TPSA) is 46.8 Å². The molecular formula is C11H18ClN5. The second-order valence-electron chi connectivity index (χ2n) is 3.98. The highest BCUT2D eigenvalue weighted by Gasteiger charge is 2.10. The fourth-order valence-corrected chi connectivity index (χ4v) is 1.76. The van der Waals surface area contributed by atoms with Crippen LogP contribution in [0.4, 0.5) is 5.82 Å². The van der Waals surface area contributed by atoms with Gasteiger partial charge in [-0.15, -0.1) is 12.4 Å². The molecule has 2 rings (SSSR count). The van der Waals surface area contributed by atoms with Gasteiger partial charge in [-0.05, 0) is 6.42 Å². The fourth-order valence-electron chi connectivity index (χ4n) is 1.76. The summed E-state index contributed by atoms with van der Waals surface area (Å²) >= 11 is 0. The van der Waals surface area contributed by atoms with Crippen molar-refractivity contribution in [1.29, 1.82) is 0 Å². The van der Waals surface area contributed by atoms with E-state index in [-0.39, 0.29) is 12.4 Å². The van der Waals surface area contributed by atoms with Crippen LogP contribution in [0.5, 0.6) is 0 Å². The molecule has 0 bridgehead atoms. The Bertz CT molecular complexity index is 482. The van der Waals surface area contributed by atoms with E-state index in [9.17, 15) is 0 Å². The number of nitrogens with zero attached hydrogens (tertiary/aromatic N) is 5. The zero-order valence-corrected chi connectivity index (χ0v) is 11.2. The first-order valence-corrected chi connectivity index (χ1v) is 5.58. The zero-order chi connectivity index (χ0) is 11.5. The molecule has 0 aliphatic rings. The number of rotatable bonds is 4. The summed E-state index contributed by atoms with van der Waals surface area (Å²) in [6.45, 7) is 3.20. The van der Waals surface area contributed by atoms with Crippen molar-refractivity contribution in [3.8, 4) is 0 Å². The molecule has 5 nitrogen and oxygen atoms in total. The maximum absolute atomic E-state index is 4.33. The second kappa shape index (κ2) is 5.82. The molecule has 0 saturated heterocycles. The summed E-state index contributed by atoms with van der Waals surface area (Å²) < 4.78 is 1.77. The van der Waals surface area contributed by atoms with Gasteiger partial charge in [0.25, 0.3) is 0 Å². The molecule has 0 N–H and O–H groups in total. The summed E-state index contributed by atoms with van der Waals surface area (Å²) in [6.07, 6.45) is 5.78. The van der Waals surface area contributed by atoms with E-state index in [1.807, 2.05) is 13.2 Å². The molecule has 0 aliphatic carbocycles. The number of aromatic nitrogens is 4. The molecule has 0 amide bonds. The van der Waals surface area contributed by atoms with Crippen molar-refractivity contribution in [2.45, 2.75) is 19.8 Å². The van der Waals surface area contributed by atoms with Crippen molar-refractivity contribution in [1.82, 2.24) is 19.7 Å². The maximum atomic E-state index is 4.33. The Morgan fingerprint density at radius 1 is 1.35 bits per heavy atom. The van der Waals surface area contributed by atoms with E-state index in [0.29, 0.717) is 0 Å². The third kappa shape index (κ3) is 2.66. The minimum atomic E-state index is 0. The molecule has 0 spiro atoms. The van der Waals surface area contributed by atoms with Gasteiger partial charge in [0.2, 0.25) is 0 Å². The average Bonchev–Trinajstić information content (AvgIpc) is 2.68. The summed E-state index contributed by atoms with van der Waals surface area (Å²) in [6, 6.07) is 0. The molecule has 0 radical (unpaired) electrons. The first-order chi connectivity index (χ1) is 7.74. The number of aryl methyl sites for hydroxylation is 1. The maximum Gasteiger partial charge on any atom is 0.163 e. The third-order valence-electron chi connectivity index (χ3n) is 2.72. The van der Waals surface area contributed by atoms with E-state index in [1.54, 1.807) is 11.0 Å². The molecule has 17 heavy (non-hydrogen) atoms. The first kappa shape index (κ1) is 13.7. The fraction of sp³-hybridized carbons (Fsp3) is 0.545. The van der Waals surface area contributed by atoms with Gasteiger partial charge in [0.15, 0.2) is 5.65 Å². The number of hydrogen-bond acceptors (Lipinski definition) is 4. The van der Waals surface area contributed by atoms with Gasteiger partial charge < -0.3 is 4.90 Å². The van der Waals surface area contributed by atoms with Crippen LogP contribution in [0.2, 0.25) is 0 Å². The average molecular weight is 256 g/mol. The quantitative estimate of drug-likeness (QED) is 0.839. The lowest BCUT2D eigenvalue weighted by Crippen LogP contribution is -2.19. The monoisotopic (exact) mass is 255 g/mol. The first-order valence-electron chi connectivity index (χ1n) is 5.58. The van der Waals surface area contributed by atoms with Gasteiger partial charge in [0.1, 0.15) is 12.1 Å². The molecular weight excluding hydrogens is 238 g/mol. The number of fused-ring (bicyclic) bond motifs is 1. The van der Waals surface area contributed by atoms with E-state index in [4.69, 9.17) is 0 Å². The van der Waals surface area contributed by atoms with E-state index in [2.05, 4.69) is 33.9 Å². The standard InChI is InChI=1S/C11H17N5.ClH/c1-4-5-6-15(2)10-9-7-14-16(3)11(9)13-8-12-10;/h7-8H,4-6H2,1-3H3;1H. The Kier molecular flexibility index (Phi) is 4.69. The van der Waals surface area contributed by atoms with Gasteiger partial charge in [-0.3, -0.25) is 4.68 Å². The number of unbranched alkanes of at least 4 members (excludes halogenated alkanes) is 1. The van der Waals surface area contributed by atoms with Crippen molar-refractivity contribution < 1.29 is 0 Å². The summed E-state index contributed by atoms with van der Waals surface area (Å²) in [5, 5.41) is 5.22. The SMILES string of the molecule is CCCCN(C)c1ncnc2c1cnn2C.Cl. The number of hydrogen-bond donors (Lipinski definition) is 0. The third-order valence-corrected chi connectivity index (χ3v) is 2.72. The van der Waals surface area contributed by atoms with Gasteiger partial charge in [0.05, 0.1) is 11.6 Å². The second-order valence-corrected chi connectivity index (χ2v) is 3.98. The van der Waals surface area contributed by atoms with Gasteiger partial charge in [0, 0.05) is 20.6 Å². The minimum absolute atomic E-state index is 0. The lowest BCUT2D eigenvalue weighted by Gasteiger charge is -2.17. The highest BCUT2D eigenvalue weighted by Crippen LogP contribution is 2.20. The van der Waals surface area contributed by atoms with E-state index >= 15 is 0 Å². The predicted molar refractivity (Wildman–Crippen MR) is 71.7 cm³/mol. The highest BCUT2D eigenvalue weighted by atomic mass is 35.5. The highest BCUT2D eigenvalue weighted by molar-refractivity contribution is 5.86. The molecule has 0 aromatic carbocycles. The van der Waals surface area contributed by atoms with E-state index in [1.165, 1.54) is 12.8 Å². The number of halogens is 1. The van der Waals surface area contributed by atoms with Crippen LogP contribution < -0.4 is 4.90 Å². The van der Waals surface area contributed by atoms with Gasteiger partial charge in [-0.25, -0.2) is 9.97 Å². The lowest BCUT2D eigenvalue weighted by atomic mass is 10.3. The minimum Gasteiger partial charge on any atom is -0.359 e. The zero-order valence-electron chi connectivity index (χ0n) is 10.4. The summed E-state index contributed by atoms with van der Waals surface area (Å²) in [7, 11) is 3.95. The largest absolute Gasteiger partial charge is 0.359 e. The van der Waals surface area contributed by atoms with Crippen LogP contribution in [0, 0.1) is 0 Å². The van der Waals surface area contributed by atoms with Crippen LogP contribution >= 0.6 is 12.4 Å². The van der Waals surface area contributed by atoms with Crippen LogP contribution in [-0.4, -0.2) is 33.3 Å². The van der Waals surface area contributed by atoms with Crippen molar-refractivity contribution in [2.75, 3.05) is 18.5 Å². The summed E-state index contributed by atoms with van der Waals surface area (Å²) in [5.41, 5.74) is 0.883. The Balaban J connectivity index is 0.00000144. The Labute approximate surface area is 107 Å². The van der Waals surface area contributed by atoms with Crippen LogP contribution in [-0.2, 0) is 7.05 Å². The summed E-state index contributed by atoms with van der Waals surface area (Å²) in [5.74, 6) is 0.964. The Hall–Kier alpha value is -1.36. The van der Waals surface area contributed by atoms with Gasteiger partial charge in [-0.1, -0.05) is 13.3 Å². The Morgan fingerprint density at radius 3 is 2.82 bits per heavy atom. The molecule has 2 aromatic rings. The van der Waals surface area contributed by atoms with Crippen LogP contribution in [0.15, 0.2) is 12.5 Å². The summed E-state index contributed by atoms with van der Waals surface area (Å²) in [4.78, 5) is 10.7. The van der Waals surface area contributed by atoms with E-state index in [0.717, 1.165) is 23.4 Å². The van der Waals surface area contributed by atoms with E-state index < -0.39 is 0 Å². The van der Waals surface area contributed by atoms with Crippen molar-refractivity contribution in [3.63, 3.8) is 0 Å². The molecule has 6 heteroatoms. The molecule has 2 aromatic heterocycles. The number of anilines is 1. The van der Waals surface area contributed by atoms with Crippen LogP contribution in [0.1, 0.15) is 19.8 Å².